The number of likely N-dealkylation sites (tertiary alicyclic amines) is 1. The number of amides is 4. The second kappa shape index (κ2) is 11.1. The van der Waals surface area contributed by atoms with Crippen LogP contribution < -0.4 is 16.0 Å². The Hall–Kier alpha value is -3.88. The molecule has 0 spiro atoms. The number of aryl methyl sites for hydroxylation is 1. The first kappa shape index (κ1) is 23.8. The molecule has 1 heterocycles. The minimum absolute atomic E-state index is 0.213. The van der Waals surface area contributed by atoms with Crippen LogP contribution in [0.1, 0.15) is 28.8 Å². The van der Waals surface area contributed by atoms with Gasteiger partial charge in [0.25, 0.3) is 5.91 Å². The fourth-order valence-electron chi connectivity index (χ4n) is 3.61. The summed E-state index contributed by atoms with van der Waals surface area (Å²) in [4.78, 5) is 50.6. The minimum Gasteiger partial charge on any atom is -0.468 e. The maximum absolute atomic E-state index is 12.8. The van der Waals surface area contributed by atoms with E-state index in [-0.39, 0.29) is 24.4 Å². The van der Waals surface area contributed by atoms with Crippen molar-refractivity contribution in [3.05, 3.63) is 59.7 Å². The molecule has 0 bridgehead atoms. The van der Waals surface area contributed by atoms with Crippen LogP contribution in [0.5, 0.6) is 0 Å². The average Bonchev–Trinajstić information content (AvgIpc) is 2.82. The maximum Gasteiger partial charge on any atom is 0.325 e. The van der Waals surface area contributed by atoms with E-state index >= 15 is 0 Å². The Morgan fingerprint density at radius 2 is 1.76 bits per heavy atom. The lowest BCUT2D eigenvalue weighted by Crippen LogP contribution is -2.45. The van der Waals surface area contributed by atoms with Crippen LogP contribution in [-0.2, 0) is 14.3 Å². The van der Waals surface area contributed by atoms with Gasteiger partial charge in [0.2, 0.25) is 5.91 Å². The van der Waals surface area contributed by atoms with E-state index in [0.29, 0.717) is 36.4 Å². The molecule has 1 aliphatic rings. The molecule has 4 amide bonds. The third kappa shape index (κ3) is 6.80. The number of ether oxygens (including phenoxy) is 1. The third-order valence-electron chi connectivity index (χ3n) is 5.36. The van der Waals surface area contributed by atoms with Crippen LogP contribution in [0.25, 0.3) is 0 Å². The molecule has 0 saturated carbocycles. The van der Waals surface area contributed by atoms with E-state index < -0.39 is 11.9 Å². The second-order valence-electron chi connectivity index (χ2n) is 7.91. The lowest BCUT2D eigenvalue weighted by molar-refractivity contribution is -0.139. The first-order chi connectivity index (χ1) is 15.9. The van der Waals surface area contributed by atoms with Gasteiger partial charge in [-0.1, -0.05) is 18.2 Å². The van der Waals surface area contributed by atoms with Crippen molar-refractivity contribution in [3.63, 3.8) is 0 Å². The first-order valence-corrected chi connectivity index (χ1v) is 10.7. The lowest BCUT2D eigenvalue weighted by Gasteiger charge is -2.32. The van der Waals surface area contributed by atoms with Crippen molar-refractivity contribution >= 4 is 35.2 Å². The Morgan fingerprint density at radius 1 is 1.03 bits per heavy atom. The molecule has 2 aromatic rings. The zero-order chi connectivity index (χ0) is 23.8. The number of hydrogen-bond donors (Lipinski definition) is 3. The lowest BCUT2D eigenvalue weighted by atomic mass is 9.97. The van der Waals surface area contributed by atoms with Gasteiger partial charge in [0.05, 0.1) is 13.0 Å². The third-order valence-corrected chi connectivity index (χ3v) is 5.36. The van der Waals surface area contributed by atoms with E-state index in [1.165, 1.54) is 13.2 Å². The molecule has 1 unspecified atom stereocenters. The Kier molecular flexibility index (Phi) is 8.01. The summed E-state index contributed by atoms with van der Waals surface area (Å²) in [6.07, 6.45) is 1.38. The van der Waals surface area contributed by atoms with E-state index in [0.717, 1.165) is 12.0 Å². The smallest absolute Gasteiger partial charge is 0.325 e. The summed E-state index contributed by atoms with van der Waals surface area (Å²) in [6, 6.07) is 13.8. The number of carbonyl (C=O) groups is 4. The van der Waals surface area contributed by atoms with Gasteiger partial charge in [-0.05, 0) is 55.7 Å². The summed E-state index contributed by atoms with van der Waals surface area (Å²) in [5, 5.41) is 8.17. The number of esters is 1. The molecule has 0 aliphatic carbocycles. The standard InChI is InChI=1S/C24H28N4O5/c1-16-6-3-9-19(12-16)27-24(32)28-11-5-8-18(15-28)23(31)26-20-10-4-7-17(13-20)22(30)25-14-21(29)33-2/h3-4,6-7,9-10,12-13,18H,5,8,11,14-15H2,1-2H3,(H,25,30)(H,26,31)(H,27,32). The fraction of sp³-hybridized carbons (Fsp3) is 0.333. The van der Waals surface area contributed by atoms with E-state index in [1.54, 1.807) is 23.1 Å². The molecule has 33 heavy (non-hydrogen) atoms. The molecule has 1 saturated heterocycles. The van der Waals surface area contributed by atoms with Crippen LogP contribution in [-0.4, -0.2) is 55.5 Å². The number of benzene rings is 2. The second-order valence-corrected chi connectivity index (χ2v) is 7.91. The van der Waals surface area contributed by atoms with Crippen molar-refractivity contribution in [2.24, 2.45) is 5.92 Å². The molecule has 3 N–H and O–H groups in total. The average molecular weight is 453 g/mol. The maximum atomic E-state index is 12.8. The summed E-state index contributed by atoms with van der Waals surface area (Å²) < 4.78 is 4.50. The summed E-state index contributed by atoms with van der Waals surface area (Å²) in [5.41, 5.74) is 2.53. The largest absolute Gasteiger partial charge is 0.468 e. The van der Waals surface area contributed by atoms with Gasteiger partial charge in [0, 0.05) is 30.0 Å². The van der Waals surface area contributed by atoms with Crippen molar-refractivity contribution in [1.82, 2.24) is 10.2 Å². The quantitative estimate of drug-likeness (QED) is 0.583. The summed E-state index contributed by atoms with van der Waals surface area (Å²) in [5.74, 6) is -1.58. The number of rotatable bonds is 6. The number of urea groups is 1. The summed E-state index contributed by atoms with van der Waals surface area (Å²) >= 11 is 0. The van der Waals surface area contributed by atoms with Crippen molar-refractivity contribution in [2.45, 2.75) is 19.8 Å². The van der Waals surface area contributed by atoms with Crippen LogP contribution in [0.15, 0.2) is 48.5 Å². The molecule has 9 nitrogen and oxygen atoms in total. The molecule has 0 radical (unpaired) electrons. The highest BCUT2D eigenvalue weighted by Crippen LogP contribution is 2.21. The fourth-order valence-corrected chi connectivity index (χ4v) is 3.61. The SMILES string of the molecule is COC(=O)CNC(=O)c1cccc(NC(=O)C2CCCN(C(=O)Nc3cccc(C)c3)C2)c1. The van der Waals surface area contributed by atoms with Gasteiger partial charge in [-0.2, -0.15) is 0 Å². The Bertz CT molecular complexity index is 1040. The molecule has 0 aromatic heterocycles. The normalized spacial score (nSPS) is 15.3. The van der Waals surface area contributed by atoms with Crippen molar-refractivity contribution in [3.8, 4) is 0 Å². The van der Waals surface area contributed by atoms with E-state index in [9.17, 15) is 19.2 Å². The molecule has 2 aromatic carbocycles. The van der Waals surface area contributed by atoms with E-state index in [4.69, 9.17) is 0 Å². The highest BCUT2D eigenvalue weighted by molar-refractivity contribution is 5.99. The number of piperidine rings is 1. The number of methoxy groups -OCH3 is 1. The number of carbonyl (C=O) groups excluding carboxylic acids is 4. The molecule has 1 fully saturated rings. The molecule has 9 heteroatoms. The van der Waals surface area contributed by atoms with Crippen molar-refractivity contribution < 1.29 is 23.9 Å². The Morgan fingerprint density at radius 3 is 2.48 bits per heavy atom. The molecule has 1 atom stereocenters. The highest BCUT2D eigenvalue weighted by Gasteiger charge is 2.28. The van der Waals surface area contributed by atoms with Crippen molar-refractivity contribution in [2.75, 3.05) is 37.4 Å². The monoisotopic (exact) mass is 452 g/mol. The zero-order valence-electron chi connectivity index (χ0n) is 18.7. The number of hydrogen-bond acceptors (Lipinski definition) is 5. The number of nitrogens with one attached hydrogen (secondary N) is 3. The molecule has 3 rings (SSSR count). The van der Waals surface area contributed by atoms with Gasteiger partial charge in [0.15, 0.2) is 0 Å². The number of nitrogens with zero attached hydrogens (tertiary/aromatic N) is 1. The number of anilines is 2. The predicted molar refractivity (Wildman–Crippen MR) is 124 cm³/mol. The zero-order valence-corrected chi connectivity index (χ0v) is 18.7. The first-order valence-electron chi connectivity index (χ1n) is 10.7. The predicted octanol–water partition coefficient (Wildman–Crippen LogP) is 2.78. The van der Waals surface area contributed by atoms with Gasteiger partial charge in [0.1, 0.15) is 6.54 Å². The van der Waals surface area contributed by atoms with Crippen LogP contribution in [0.4, 0.5) is 16.2 Å². The highest BCUT2D eigenvalue weighted by atomic mass is 16.5. The van der Waals surface area contributed by atoms with Gasteiger partial charge in [-0.25, -0.2) is 4.79 Å². The summed E-state index contributed by atoms with van der Waals surface area (Å²) in [6.45, 7) is 2.60. The molecule has 1 aliphatic heterocycles. The molecular formula is C24H28N4O5. The van der Waals surface area contributed by atoms with Crippen LogP contribution in [0.2, 0.25) is 0 Å². The van der Waals surface area contributed by atoms with Crippen LogP contribution >= 0.6 is 0 Å². The summed E-state index contributed by atoms with van der Waals surface area (Å²) in [7, 11) is 1.24. The Labute approximate surface area is 192 Å². The van der Waals surface area contributed by atoms with Gasteiger partial charge in [-0.15, -0.1) is 0 Å². The van der Waals surface area contributed by atoms with Crippen LogP contribution in [0.3, 0.4) is 0 Å². The van der Waals surface area contributed by atoms with E-state index in [1.807, 2.05) is 31.2 Å². The van der Waals surface area contributed by atoms with E-state index in [2.05, 4.69) is 20.7 Å². The topological polar surface area (TPSA) is 117 Å². The van der Waals surface area contributed by atoms with Gasteiger partial charge >= 0.3 is 12.0 Å². The van der Waals surface area contributed by atoms with Gasteiger partial charge in [-0.3, -0.25) is 14.4 Å². The minimum atomic E-state index is -0.555. The molecular weight excluding hydrogens is 424 g/mol. The van der Waals surface area contributed by atoms with Crippen molar-refractivity contribution in [1.29, 1.82) is 0 Å². The molecule has 174 valence electrons. The van der Waals surface area contributed by atoms with Crippen LogP contribution in [0, 0.1) is 12.8 Å². The van der Waals surface area contributed by atoms with Gasteiger partial charge < -0.3 is 25.6 Å². The Balaban J connectivity index is 1.57.